The van der Waals surface area contributed by atoms with Crippen molar-refractivity contribution in [2.24, 2.45) is 28.6 Å². The molecule has 10 nitrogen and oxygen atoms in total. The van der Waals surface area contributed by atoms with Crippen molar-refractivity contribution in [3.63, 3.8) is 0 Å². The summed E-state index contributed by atoms with van der Waals surface area (Å²) in [7, 11) is 3.86. The first kappa shape index (κ1) is 36.2. The maximum atomic E-state index is 17.9. The highest BCUT2D eigenvalue weighted by molar-refractivity contribution is 6.01. The summed E-state index contributed by atoms with van der Waals surface area (Å²) in [5.74, 6) is -3.58. The summed E-state index contributed by atoms with van der Waals surface area (Å²) in [4.78, 5) is 54.7. The van der Waals surface area contributed by atoms with Gasteiger partial charge in [-0.25, -0.2) is 4.39 Å². The number of alkyl halides is 1. The molecule has 2 aromatic rings. The molecule has 4 fully saturated rings. The topological polar surface area (TPSA) is 131 Å². The molecular formula is C41H47FN2O8. The third-order valence-electron chi connectivity index (χ3n) is 12.8. The lowest BCUT2D eigenvalue weighted by Gasteiger charge is -2.62. The number of amides is 1. The van der Waals surface area contributed by atoms with Crippen LogP contribution in [0.3, 0.4) is 0 Å². The molecule has 276 valence electrons. The first-order valence-electron chi connectivity index (χ1n) is 18.1. The number of Topliss-reactive ketones (excluding diaryl/α,β-unsaturated/α-hetero) is 1. The summed E-state index contributed by atoms with van der Waals surface area (Å²) in [5, 5.41) is 14.7. The number of hydrogen-bond acceptors (Lipinski definition) is 9. The molecule has 2 N–H and O–H groups in total. The van der Waals surface area contributed by atoms with E-state index in [0.717, 1.165) is 5.69 Å². The Morgan fingerprint density at radius 1 is 1.08 bits per heavy atom. The van der Waals surface area contributed by atoms with Crippen molar-refractivity contribution < 1.29 is 42.9 Å². The molecule has 11 heteroatoms. The number of rotatable bonds is 9. The number of aliphatic hydroxyl groups excluding tert-OH is 1. The van der Waals surface area contributed by atoms with Gasteiger partial charge < -0.3 is 29.5 Å². The van der Waals surface area contributed by atoms with Gasteiger partial charge in [-0.15, -0.1) is 0 Å². The fourth-order valence-corrected chi connectivity index (χ4v) is 9.94. The summed E-state index contributed by atoms with van der Waals surface area (Å²) in [6, 6.07) is 16.2. The van der Waals surface area contributed by atoms with E-state index in [1.54, 1.807) is 50.3 Å². The summed E-state index contributed by atoms with van der Waals surface area (Å²) in [6.07, 6.45) is 2.29. The van der Waals surface area contributed by atoms with Gasteiger partial charge in [0, 0.05) is 54.2 Å². The van der Waals surface area contributed by atoms with Gasteiger partial charge in [0.25, 0.3) is 5.91 Å². The number of carbonyl (C=O) groups excluding carboxylic acids is 4. The Morgan fingerprint density at radius 3 is 2.48 bits per heavy atom. The lowest BCUT2D eigenvalue weighted by molar-refractivity contribution is -0.231. The second kappa shape index (κ2) is 13.0. The average molecular weight is 715 g/mol. The van der Waals surface area contributed by atoms with Gasteiger partial charge in [0.2, 0.25) is 5.78 Å². The monoisotopic (exact) mass is 714 g/mol. The molecule has 10 unspecified atom stereocenters. The molecule has 0 bridgehead atoms. The number of ketones is 2. The fraction of sp³-hybridized carbons (Fsp3) is 0.512. The molecule has 0 spiro atoms. The van der Waals surface area contributed by atoms with E-state index in [0.29, 0.717) is 36.0 Å². The highest BCUT2D eigenvalue weighted by Crippen LogP contribution is 2.72. The molecule has 4 aliphatic carbocycles. The predicted molar refractivity (Wildman–Crippen MR) is 190 cm³/mol. The van der Waals surface area contributed by atoms with Crippen LogP contribution < -0.4 is 10.2 Å². The van der Waals surface area contributed by atoms with E-state index in [2.05, 4.69) is 5.32 Å². The normalized spacial score (nSPS) is 36.4. The predicted octanol–water partition coefficient (Wildman–Crippen LogP) is 5.06. The maximum Gasteiger partial charge on any atom is 0.310 e. The maximum absolute atomic E-state index is 17.9. The molecule has 0 aromatic heterocycles. The molecule has 52 heavy (non-hydrogen) atoms. The minimum absolute atomic E-state index is 0.000633. The smallest absolute Gasteiger partial charge is 0.310 e. The Labute approximate surface area is 303 Å². The van der Waals surface area contributed by atoms with Crippen LogP contribution in [0.15, 0.2) is 78.4 Å². The first-order chi connectivity index (χ1) is 24.7. The SMILES string of the molecule is CC(CNC(=O)c1ccccc1)C(=O)OCC(=O)C12OC(c3ccc(N(C)C)cc3)OC1CC1C3CCC4=CC(=O)C=CC4(C)C3(F)C(O)CC12C. The Hall–Kier alpha value is -4.19. The van der Waals surface area contributed by atoms with Crippen molar-refractivity contribution in [3.8, 4) is 0 Å². The fourth-order valence-electron chi connectivity index (χ4n) is 9.94. The van der Waals surface area contributed by atoms with Crippen molar-refractivity contribution in [3.05, 3.63) is 89.5 Å². The molecule has 1 aliphatic heterocycles. The Balaban J connectivity index is 1.16. The number of nitrogens with one attached hydrogen (secondary N) is 1. The van der Waals surface area contributed by atoms with Crippen LogP contribution in [0, 0.1) is 28.6 Å². The van der Waals surface area contributed by atoms with E-state index >= 15 is 4.39 Å². The number of carbonyl (C=O) groups is 4. The van der Waals surface area contributed by atoms with Crippen LogP contribution in [0.2, 0.25) is 0 Å². The number of hydrogen-bond donors (Lipinski definition) is 2. The number of allylic oxidation sites excluding steroid dienone is 4. The highest BCUT2D eigenvalue weighted by atomic mass is 19.1. The van der Waals surface area contributed by atoms with E-state index < -0.39 is 76.7 Å². The van der Waals surface area contributed by atoms with Crippen LogP contribution >= 0.6 is 0 Å². The van der Waals surface area contributed by atoms with Gasteiger partial charge in [-0.1, -0.05) is 55.8 Å². The van der Waals surface area contributed by atoms with Gasteiger partial charge in [0.05, 0.1) is 18.1 Å². The van der Waals surface area contributed by atoms with Crippen molar-refractivity contribution in [2.45, 2.75) is 76.2 Å². The number of fused-ring (bicyclic) bond motifs is 7. The number of halogens is 1. The third-order valence-corrected chi connectivity index (χ3v) is 12.8. The largest absolute Gasteiger partial charge is 0.457 e. The minimum Gasteiger partial charge on any atom is -0.457 e. The highest BCUT2D eigenvalue weighted by Gasteiger charge is 2.79. The van der Waals surface area contributed by atoms with Gasteiger partial charge in [-0.2, -0.15) is 0 Å². The number of benzene rings is 2. The second-order valence-corrected chi connectivity index (χ2v) is 15.8. The quantitative estimate of drug-likeness (QED) is 0.342. The summed E-state index contributed by atoms with van der Waals surface area (Å²) < 4.78 is 36.9. The van der Waals surface area contributed by atoms with Crippen LogP contribution in [-0.4, -0.2) is 79.3 Å². The summed E-state index contributed by atoms with van der Waals surface area (Å²) in [5.41, 5.74) is -3.27. The number of nitrogens with zero attached hydrogens (tertiary/aromatic N) is 1. The molecule has 1 heterocycles. The molecule has 0 radical (unpaired) electrons. The molecule has 1 amide bonds. The standard InChI is InChI=1S/C41H47FN2O8/c1-24(22-43-35(48)25-9-7-6-8-10-25)36(49)50-23-33(47)41-34(51-37(52-41)26-11-14-28(15-12-26)44(4)5)20-31-30-16-13-27-19-29(45)17-18-38(27,2)40(30,42)32(46)21-39(31,41)3/h6-12,14-15,17-19,24,30-32,34,37,46H,13,16,20-23H2,1-5H3,(H,43,48). The minimum atomic E-state index is -2.10. The first-order valence-corrected chi connectivity index (χ1v) is 18.1. The zero-order chi connectivity index (χ0) is 37.2. The van der Waals surface area contributed by atoms with E-state index in [4.69, 9.17) is 14.2 Å². The number of esters is 1. The third kappa shape index (κ3) is 5.38. The van der Waals surface area contributed by atoms with Gasteiger partial charge in [0.15, 0.2) is 29.9 Å². The number of ether oxygens (including phenoxy) is 3. The lowest BCUT2D eigenvalue weighted by atomic mass is 9.44. The van der Waals surface area contributed by atoms with Crippen molar-refractivity contribution in [1.82, 2.24) is 5.32 Å². The van der Waals surface area contributed by atoms with Crippen molar-refractivity contribution >= 4 is 29.1 Å². The number of aliphatic hydroxyl groups is 1. The van der Waals surface area contributed by atoms with Crippen LogP contribution in [-0.2, 0) is 28.6 Å². The number of anilines is 1. The van der Waals surface area contributed by atoms with Crippen LogP contribution in [0.1, 0.15) is 68.7 Å². The van der Waals surface area contributed by atoms with Crippen LogP contribution in [0.4, 0.5) is 10.1 Å². The molecule has 3 saturated carbocycles. The Kier molecular flexibility index (Phi) is 9.07. The summed E-state index contributed by atoms with van der Waals surface area (Å²) >= 11 is 0. The average Bonchev–Trinajstić information content (AvgIpc) is 3.63. The molecule has 5 aliphatic rings. The molecular weight excluding hydrogens is 667 g/mol. The zero-order valence-corrected chi connectivity index (χ0v) is 30.3. The Bertz CT molecular complexity index is 1830. The zero-order valence-electron chi connectivity index (χ0n) is 30.3. The van der Waals surface area contributed by atoms with Crippen molar-refractivity contribution in [2.75, 3.05) is 32.1 Å². The van der Waals surface area contributed by atoms with Gasteiger partial charge in [-0.3, -0.25) is 19.2 Å². The van der Waals surface area contributed by atoms with Crippen LogP contribution in [0.5, 0.6) is 0 Å². The molecule has 10 atom stereocenters. The Morgan fingerprint density at radius 2 is 1.79 bits per heavy atom. The van der Waals surface area contributed by atoms with Gasteiger partial charge >= 0.3 is 5.97 Å². The lowest BCUT2D eigenvalue weighted by Crippen LogP contribution is -2.69. The molecule has 1 saturated heterocycles. The van der Waals surface area contributed by atoms with E-state index in [1.165, 1.54) is 12.2 Å². The van der Waals surface area contributed by atoms with E-state index in [-0.39, 0.29) is 24.7 Å². The van der Waals surface area contributed by atoms with Gasteiger partial charge in [0.1, 0.15) is 0 Å². The molecule has 2 aromatic carbocycles. The molecule has 7 rings (SSSR count). The summed E-state index contributed by atoms with van der Waals surface area (Å²) in [6.45, 7) is 4.60. The van der Waals surface area contributed by atoms with Crippen LogP contribution in [0.25, 0.3) is 0 Å². The van der Waals surface area contributed by atoms with E-state index in [1.807, 2.05) is 50.2 Å². The van der Waals surface area contributed by atoms with Crippen molar-refractivity contribution in [1.29, 1.82) is 0 Å². The van der Waals surface area contributed by atoms with Gasteiger partial charge in [-0.05, 0) is 74.9 Å². The second-order valence-electron chi connectivity index (χ2n) is 15.8. The van der Waals surface area contributed by atoms with E-state index in [9.17, 15) is 24.3 Å².